The van der Waals surface area contributed by atoms with Crippen molar-refractivity contribution >= 4 is 6.03 Å². The first-order valence-electron chi connectivity index (χ1n) is 5.89. The molecule has 88 valence electrons. The summed E-state index contributed by atoms with van der Waals surface area (Å²) in [6.07, 6.45) is 3.33. The monoisotopic (exact) mass is 213 g/mol. The lowest BCUT2D eigenvalue weighted by molar-refractivity contribution is 0.141. The minimum Gasteiger partial charge on any atom is -0.330 e. The SMILES string of the molecule is CCN(C)C(=O)N1CCC(CCN)CC1. The van der Waals surface area contributed by atoms with E-state index in [1.807, 2.05) is 18.9 Å². The Hall–Kier alpha value is -0.770. The summed E-state index contributed by atoms with van der Waals surface area (Å²) < 4.78 is 0. The average molecular weight is 213 g/mol. The highest BCUT2D eigenvalue weighted by Crippen LogP contribution is 2.20. The van der Waals surface area contributed by atoms with Crippen molar-refractivity contribution in [2.45, 2.75) is 26.2 Å². The molecule has 15 heavy (non-hydrogen) atoms. The van der Waals surface area contributed by atoms with Gasteiger partial charge in [0.25, 0.3) is 0 Å². The number of nitrogens with zero attached hydrogens (tertiary/aromatic N) is 2. The van der Waals surface area contributed by atoms with E-state index in [4.69, 9.17) is 5.73 Å². The fourth-order valence-corrected chi connectivity index (χ4v) is 2.03. The van der Waals surface area contributed by atoms with Crippen LogP contribution in [0.2, 0.25) is 0 Å². The molecule has 0 bridgehead atoms. The number of likely N-dealkylation sites (tertiary alicyclic amines) is 1. The highest BCUT2D eigenvalue weighted by atomic mass is 16.2. The van der Waals surface area contributed by atoms with Crippen LogP contribution in [0.4, 0.5) is 4.79 Å². The van der Waals surface area contributed by atoms with Crippen LogP contribution in [-0.2, 0) is 0 Å². The van der Waals surface area contributed by atoms with E-state index >= 15 is 0 Å². The Morgan fingerprint density at radius 1 is 1.47 bits per heavy atom. The fraction of sp³-hybridized carbons (Fsp3) is 0.909. The largest absolute Gasteiger partial charge is 0.330 e. The molecule has 0 radical (unpaired) electrons. The van der Waals surface area contributed by atoms with Crippen LogP contribution in [0.25, 0.3) is 0 Å². The Kier molecular flexibility index (Phi) is 4.88. The summed E-state index contributed by atoms with van der Waals surface area (Å²) in [5.74, 6) is 0.728. The third-order valence-corrected chi connectivity index (χ3v) is 3.26. The zero-order valence-electron chi connectivity index (χ0n) is 9.91. The van der Waals surface area contributed by atoms with E-state index in [-0.39, 0.29) is 6.03 Å². The standard InChI is InChI=1S/C11H23N3O/c1-3-13(2)11(15)14-8-5-10(4-7-12)6-9-14/h10H,3-9,12H2,1-2H3. The number of piperidine rings is 1. The lowest BCUT2D eigenvalue weighted by Crippen LogP contribution is -2.45. The molecule has 4 heteroatoms. The van der Waals surface area contributed by atoms with E-state index in [1.165, 1.54) is 0 Å². The third-order valence-electron chi connectivity index (χ3n) is 3.26. The summed E-state index contributed by atoms with van der Waals surface area (Å²) in [5, 5.41) is 0. The Balaban J connectivity index is 2.33. The van der Waals surface area contributed by atoms with E-state index in [2.05, 4.69) is 0 Å². The van der Waals surface area contributed by atoms with Gasteiger partial charge in [-0.3, -0.25) is 0 Å². The predicted molar refractivity (Wildman–Crippen MR) is 61.7 cm³/mol. The minimum atomic E-state index is 0.170. The van der Waals surface area contributed by atoms with Crippen LogP contribution in [0, 0.1) is 5.92 Å². The van der Waals surface area contributed by atoms with Crippen LogP contribution >= 0.6 is 0 Å². The second-order valence-corrected chi connectivity index (χ2v) is 4.30. The molecule has 1 fully saturated rings. The highest BCUT2D eigenvalue weighted by Gasteiger charge is 2.23. The maximum absolute atomic E-state index is 11.8. The molecule has 0 aromatic rings. The van der Waals surface area contributed by atoms with Crippen LogP contribution in [0.3, 0.4) is 0 Å². The van der Waals surface area contributed by atoms with Gasteiger partial charge in [0.15, 0.2) is 0 Å². The smallest absolute Gasteiger partial charge is 0.319 e. The first-order valence-corrected chi connectivity index (χ1v) is 5.89. The zero-order valence-corrected chi connectivity index (χ0v) is 9.91. The van der Waals surface area contributed by atoms with Gasteiger partial charge in [-0.15, -0.1) is 0 Å². The van der Waals surface area contributed by atoms with Crippen molar-refractivity contribution in [3.63, 3.8) is 0 Å². The molecule has 0 atom stereocenters. The van der Waals surface area contributed by atoms with Gasteiger partial charge in [0.2, 0.25) is 0 Å². The van der Waals surface area contributed by atoms with Gasteiger partial charge in [-0.1, -0.05) is 0 Å². The van der Waals surface area contributed by atoms with E-state index in [9.17, 15) is 4.79 Å². The summed E-state index contributed by atoms with van der Waals surface area (Å²) in [6.45, 7) is 5.34. The molecule has 0 saturated carbocycles. The van der Waals surface area contributed by atoms with Crippen LogP contribution in [0.15, 0.2) is 0 Å². The molecule has 1 saturated heterocycles. The van der Waals surface area contributed by atoms with Crippen molar-refractivity contribution in [2.75, 3.05) is 33.2 Å². The molecule has 1 heterocycles. The number of carbonyl (C=O) groups is 1. The minimum absolute atomic E-state index is 0.170. The molecular formula is C11H23N3O. The normalized spacial score (nSPS) is 17.9. The van der Waals surface area contributed by atoms with Crippen LogP contribution in [0.5, 0.6) is 0 Å². The molecule has 1 aliphatic heterocycles. The Bertz CT molecular complexity index is 200. The first-order chi connectivity index (χ1) is 7.19. The van der Waals surface area contributed by atoms with Gasteiger partial charge in [0, 0.05) is 26.7 Å². The number of rotatable bonds is 3. The van der Waals surface area contributed by atoms with Gasteiger partial charge in [0.05, 0.1) is 0 Å². The number of carbonyl (C=O) groups excluding carboxylic acids is 1. The third kappa shape index (κ3) is 3.38. The van der Waals surface area contributed by atoms with Crippen LogP contribution in [0.1, 0.15) is 26.2 Å². The Morgan fingerprint density at radius 3 is 2.53 bits per heavy atom. The molecular weight excluding hydrogens is 190 g/mol. The number of hydrogen-bond donors (Lipinski definition) is 1. The Morgan fingerprint density at radius 2 is 2.07 bits per heavy atom. The maximum Gasteiger partial charge on any atom is 0.319 e. The van der Waals surface area contributed by atoms with Gasteiger partial charge in [0.1, 0.15) is 0 Å². The van der Waals surface area contributed by atoms with Gasteiger partial charge < -0.3 is 15.5 Å². The molecule has 0 aliphatic carbocycles. The second-order valence-electron chi connectivity index (χ2n) is 4.30. The molecule has 0 aromatic carbocycles. The predicted octanol–water partition coefficient (Wildman–Crippen LogP) is 1.12. The van der Waals surface area contributed by atoms with Crippen molar-refractivity contribution < 1.29 is 4.79 Å². The van der Waals surface area contributed by atoms with E-state index < -0.39 is 0 Å². The van der Waals surface area contributed by atoms with Gasteiger partial charge in [-0.2, -0.15) is 0 Å². The quantitative estimate of drug-likeness (QED) is 0.763. The molecule has 2 amide bonds. The second kappa shape index (κ2) is 5.95. The Labute approximate surface area is 92.4 Å². The summed E-state index contributed by atoms with van der Waals surface area (Å²) in [6, 6.07) is 0.170. The van der Waals surface area contributed by atoms with Crippen molar-refractivity contribution in [1.82, 2.24) is 9.80 Å². The zero-order chi connectivity index (χ0) is 11.3. The summed E-state index contributed by atoms with van der Waals surface area (Å²) in [5.41, 5.74) is 5.53. The molecule has 1 rings (SSSR count). The lowest BCUT2D eigenvalue weighted by atomic mass is 9.94. The molecule has 0 aromatic heterocycles. The van der Waals surface area contributed by atoms with Gasteiger partial charge >= 0.3 is 6.03 Å². The number of urea groups is 1. The molecule has 0 spiro atoms. The van der Waals surface area contributed by atoms with Crippen LogP contribution < -0.4 is 5.73 Å². The van der Waals surface area contributed by atoms with Crippen molar-refractivity contribution in [2.24, 2.45) is 11.7 Å². The summed E-state index contributed by atoms with van der Waals surface area (Å²) in [7, 11) is 1.86. The number of nitrogens with two attached hydrogens (primary N) is 1. The maximum atomic E-state index is 11.8. The van der Waals surface area contributed by atoms with Crippen molar-refractivity contribution in [3.8, 4) is 0 Å². The van der Waals surface area contributed by atoms with Crippen LogP contribution in [-0.4, -0.2) is 49.1 Å². The molecule has 4 nitrogen and oxygen atoms in total. The van der Waals surface area contributed by atoms with Gasteiger partial charge in [-0.25, -0.2) is 4.79 Å². The fourth-order valence-electron chi connectivity index (χ4n) is 2.03. The highest BCUT2D eigenvalue weighted by molar-refractivity contribution is 5.74. The van der Waals surface area contributed by atoms with E-state index in [0.29, 0.717) is 0 Å². The molecule has 1 aliphatic rings. The average Bonchev–Trinajstić information content (AvgIpc) is 2.28. The number of amides is 2. The summed E-state index contributed by atoms with van der Waals surface area (Å²) in [4.78, 5) is 15.5. The molecule has 2 N–H and O–H groups in total. The molecule has 0 unspecified atom stereocenters. The van der Waals surface area contributed by atoms with E-state index in [1.54, 1.807) is 4.90 Å². The topological polar surface area (TPSA) is 49.6 Å². The van der Waals surface area contributed by atoms with Crippen molar-refractivity contribution in [1.29, 1.82) is 0 Å². The van der Waals surface area contributed by atoms with E-state index in [0.717, 1.165) is 51.4 Å². The van der Waals surface area contributed by atoms with Gasteiger partial charge in [-0.05, 0) is 38.6 Å². The van der Waals surface area contributed by atoms with Crippen molar-refractivity contribution in [3.05, 3.63) is 0 Å². The summed E-state index contributed by atoms with van der Waals surface area (Å²) >= 11 is 0. The first kappa shape index (κ1) is 12.3. The number of hydrogen-bond acceptors (Lipinski definition) is 2. The lowest BCUT2D eigenvalue weighted by Gasteiger charge is -2.34.